The Kier molecular flexibility index (Phi) is 3.39. The number of aryl methyl sites for hydroxylation is 2. The largest absolute Gasteiger partial charge is 0.421 e. The van der Waals surface area contributed by atoms with Gasteiger partial charge in [0.1, 0.15) is 0 Å². The first kappa shape index (κ1) is 13.3. The summed E-state index contributed by atoms with van der Waals surface area (Å²) in [5, 5.41) is 0. The van der Waals surface area contributed by atoms with Gasteiger partial charge < -0.3 is 4.42 Å². The number of hydrogen-bond donors (Lipinski definition) is 0. The molecule has 0 atom stereocenters. The van der Waals surface area contributed by atoms with Crippen LogP contribution < -0.4 is 5.76 Å². The monoisotopic (exact) mass is 282 g/mol. The molecular formula is C16H14N2O3. The maximum Gasteiger partial charge on any atom is 0.421 e. The molecule has 0 aliphatic heterocycles. The van der Waals surface area contributed by atoms with E-state index in [1.807, 2.05) is 30.3 Å². The summed E-state index contributed by atoms with van der Waals surface area (Å²) in [6.07, 6.45) is 2.18. The van der Waals surface area contributed by atoms with Crippen molar-refractivity contribution >= 4 is 17.0 Å². The van der Waals surface area contributed by atoms with Crippen LogP contribution >= 0.6 is 0 Å². The number of oxazole rings is 1. The van der Waals surface area contributed by atoms with Gasteiger partial charge in [0.25, 0.3) is 0 Å². The molecule has 0 N–H and O–H groups in total. The Morgan fingerprint density at radius 2 is 2.05 bits per heavy atom. The number of fused-ring (bicyclic) bond motifs is 1. The van der Waals surface area contributed by atoms with Gasteiger partial charge in [-0.1, -0.05) is 30.3 Å². The van der Waals surface area contributed by atoms with Gasteiger partial charge in [-0.25, -0.2) is 9.78 Å². The smallest absolute Gasteiger partial charge is 0.406 e. The average molecular weight is 282 g/mol. The summed E-state index contributed by atoms with van der Waals surface area (Å²) in [6, 6.07) is 11.5. The summed E-state index contributed by atoms with van der Waals surface area (Å²) in [6.45, 7) is 1.94. The molecule has 21 heavy (non-hydrogen) atoms. The third-order valence-electron chi connectivity index (χ3n) is 3.38. The molecule has 0 radical (unpaired) electrons. The van der Waals surface area contributed by atoms with Gasteiger partial charge in [0.2, 0.25) is 0 Å². The van der Waals surface area contributed by atoms with E-state index < -0.39 is 5.76 Å². The average Bonchev–Trinajstić information content (AvgIpc) is 2.80. The van der Waals surface area contributed by atoms with Crippen LogP contribution in [0.25, 0.3) is 11.2 Å². The van der Waals surface area contributed by atoms with Gasteiger partial charge in [-0.05, 0) is 25.0 Å². The Labute approximate surface area is 120 Å². The Hall–Kier alpha value is -2.69. The maximum absolute atomic E-state index is 11.9. The van der Waals surface area contributed by atoms with Crippen molar-refractivity contribution in [3.8, 4) is 0 Å². The summed E-state index contributed by atoms with van der Waals surface area (Å²) in [5.41, 5.74) is 2.40. The van der Waals surface area contributed by atoms with Crippen molar-refractivity contribution in [3.63, 3.8) is 0 Å². The molecule has 106 valence electrons. The Morgan fingerprint density at radius 1 is 1.29 bits per heavy atom. The van der Waals surface area contributed by atoms with Crippen molar-refractivity contribution in [1.82, 2.24) is 9.55 Å². The molecule has 0 bridgehead atoms. The van der Waals surface area contributed by atoms with Gasteiger partial charge in [0.15, 0.2) is 17.0 Å². The molecule has 2 aromatic heterocycles. The molecule has 0 amide bonds. The first-order valence-corrected chi connectivity index (χ1v) is 6.69. The van der Waals surface area contributed by atoms with Gasteiger partial charge >= 0.3 is 5.76 Å². The summed E-state index contributed by atoms with van der Waals surface area (Å²) >= 11 is 0. The molecule has 0 saturated heterocycles. The van der Waals surface area contributed by atoms with Gasteiger partial charge in [-0.3, -0.25) is 9.36 Å². The molecule has 1 aromatic carbocycles. The molecule has 5 nitrogen and oxygen atoms in total. The first-order chi connectivity index (χ1) is 10.1. The lowest BCUT2D eigenvalue weighted by Gasteiger charge is -2.02. The molecule has 3 rings (SSSR count). The number of benzene rings is 1. The van der Waals surface area contributed by atoms with E-state index in [1.54, 1.807) is 6.07 Å². The Morgan fingerprint density at radius 3 is 2.76 bits per heavy atom. The van der Waals surface area contributed by atoms with Crippen LogP contribution in [0, 0.1) is 0 Å². The third-order valence-corrected chi connectivity index (χ3v) is 3.38. The van der Waals surface area contributed by atoms with E-state index in [9.17, 15) is 9.59 Å². The van der Waals surface area contributed by atoms with Crippen molar-refractivity contribution in [3.05, 3.63) is 64.3 Å². The topological polar surface area (TPSA) is 65.1 Å². The fraction of sp³-hybridized carbons (Fsp3) is 0.188. The highest BCUT2D eigenvalue weighted by Gasteiger charge is 2.12. The lowest BCUT2D eigenvalue weighted by atomic mass is 10.1. The number of nitrogens with zero attached hydrogens (tertiary/aromatic N) is 2. The van der Waals surface area contributed by atoms with Crippen LogP contribution in [0.3, 0.4) is 0 Å². The maximum atomic E-state index is 11.9. The molecule has 3 aromatic rings. The van der Waals surface area contributed by atoms with Crippen LogP contribution in [0.4, 0.5) is 0 Å². The zero-order valence-corrected chi connectivity index (χ0v) is 11.6. The van der Waals surface area contributed by atoms with Gasteiger partial charge in [0.05, 0.1) is 0 Å². The van der Waals surface area contributed by atoms with Crippen LogP contribution in [-0.2, 0) is 13.0 Å². The zero-order valence-electron chi connectivity index (χ0n) is 11.6. The SMILES string of the molecule is CC(=O)c1cnc2c(c1)oc(=O)n2CCc1ccccc1. The molecule has 0 spiro atoms. The van der Waals surface area contributed by atoms with Crippen LogP contribution in [0.2, 0.25) is 0 Å². The van der Waals surface area contributed by atoms with Crippen molar-refractivity contribution < 1.29 is 9.21 Å². The van der Waals surface area contributed by atoms with E-state index in [2.05, 4.69) is 4.98 Å². The van der Waals surface area contributed by atoms with Gasteiger partial charge in [-0.2, -0.15) is 0 Å². The second kappa shape index (κ2) is 5.36. The number of carbonyl (C=O) groups is 1. The number of Topliss-reactive ketones (excluding diaryl/α,β-unsaturated/α-hetero) is 1. The van der Waals surface area contributed by atoms with Crippen LogP contribution in [0.15, 0.2) is 51.8 Å². The highest BCUT2D eigenvalue weighted by molar-refractivity contribution is 5.95. The molecule has 0 aliphatic rings. The third kappa shape index (κ3) is 2.63. The van der Waals surface area contributed by atoms with E-state index >= 15 is 0 Å². The molecule has 0 saturated carbocycles. The summed E-state index contributed by atoms with van der Waals surface area (Å²) in [5.74, 6) is -0.557. The van der Waals surface area contributed by atoms with Crippen molar-refractivity contribution in [2.75, 3.05) is 0 Å². The fourth-order valence-corrected chi connectivity index (χ4v) is 2.23. The first-order valence-electron chi connectivity index (χ1n) is 6.69. The minimum absolute atomic E-state index is 0.107. The van der Waals surface area contributed by atoms with Crippen LogP contribution in [0.1, 0.15) is 22.8 Å². The predicted octanol–water partition coefficient (Wildman–Crippen LogP) is 2.43. The second-order valence-corrected chi connectivity index (χ2v) is 4.86. The number of aromatic nitrogens is 2. The molecule has 0 unspecified atom stereocenters. The highest BCUT2D eigenvalue weighted by Crippen LogP contribution is 2.13. The Bertz CT molecular complexity index is 847. The van der Waals surface area contributed by atoms with Crippen molar-refractivity contribution in [2.24, 2.45) is 0 Å². The molecule has 0 aliphatic carbocycles. The minimum Gasteiger partial charge on any atom is -0.406 e. The van der Waals surface area contributed by atoms with E-state index in [4.69, 9.17) is 4.42 Å². The summed E-state index contributed by atoms with van der Waals surface area (Å²) < 4.78 is 6.66. The zero-order chi connectivity index (χ0) is 14.8. The molecular weight excluding hydrogens is 268 g/mol. The second-order valence-electron chi connectivity index (χ2n) is 4.86. The van der Waals surface area contributed by atoms with Crippen molar-refractivity contribution in [2.45, 2.75) is 19.9 Å². The van der Waals surface area contributed by atoms with Crippen LogP contribution in [-0.4, -0.2) is 15.3 Å². The predicted molar refractivity (Wildman–Crippen MR) is 78.4 cm³/mol. The molecule has 5 heteroatoms. The summed E-state index contributed by atoms with van der Waals surface area (Å²) in [4.78, 5) is 27.4. The van der Waals surface area contributed by atoms with Gasteiger partial charge in [-0.15, -0.1) is 0 Å². The number of rotatable bonds is 4. The van der Waals surface area contributed by atoms with E-state index in [-0.39, 0.29) is 5.78 Å². The Balaban J connectivity index is 1.93. The van der Waals surface area contributed by atoms with E-state index in [0.717, 1.165) is 5.56 Å². The number of ketones is 1. The number of carbonyl (C=O) groups excluding carboxylic acids is 1. The fourth-order valence-electron chi connectivity index (χ4n) is 2.23. The van der Waals surface area contributed by atoms with E-state index in [0.29, 0.717) is 29.8 Å². The molecule has 2 heterocycles. The molecule has 0 fully saturated rings. The number of pyridine rings is 1. The normalized spacial score (nSPS) is 10.9. The highest BCUT2D eigenvalue weighted by atomic mass is 16.4. The van der Waals surface area contributed by atoms with Crippen LogP contribution in [0.5, 0.6) is 0 Å². The quantitative estimate of drug-likeness (QED) is 0.689. The number of hydrogen-bond acceptors (Lipinski definition) is 4. The van der Waals surface area contributed by atoms with Crippen molar-refractivity contribution in [1.29, 1.82) is 0 Å². The lowest BCUT2D eigenvalue weighted by molar-refractivity contribution is 0.101. The van der Waals surface area contributed by atoms with Gasteiger partial charge in [0, 0.05) is 18.3 Å². The van der Waals surface area contributed by atoms with E-state index in [1.165, 1.54) is 17.7 Å². The minimum atomic E-state index is -0.450. The lowest BCUT2D eigenvalue weighted by Crippen LogP contribution is -2.16. The standard InChI is InChI=1S/C16H14N2O3/c1-11(19)13-9-14-15(17-10-13)18(16(20)21-14)8-7-12-5-3-2-4-6-12/h2-6,9-10H,7-8H2,1H3. The summed E-state index contributed by atoms with van der Waals surface area (Å²) in [7, 11) is 0.